The summed E-state index contributed by atoms with van der Waals surface area (Å²) in [4.78, 5) is 14.7. The Morgan fingerprint density at radius 1 is 1.48 bits per heavy atom. The van der Waals surface area contributed by atoms with Crippen LogP contribution in [0.1, 0.15) is 39.7 Å². The first-order chi connectivity index (χ1) is 10.6. The highest BCUT2D eigenvalue weighted by atomic mass is 35.5. The molecule has 0 radical (unpaired) electrons. The molecule has 0 aromatic heterocycles. The molecule has 0 aliphatic carbocycles. The van der Waals surface area contributed by atoms with E-state index >= 15 is 0 Å². The van der Waals surface area contributed by atoms with Gasteiger partial charge in [-0.3, -0.25) is 9.69 Å². The average Bonchev–Trinajstić information content (AvgIpc) is 2.72. The molecule has 2 unspecified atom stereocenters. The second kappa shape index (κ2) is 6.80. The lowest BCUT2D eigenvalue weighted by molar-refractivity contribution is -0.168. The lowest BCUT2D eigenvalue weighted by atomic mass is 9.86. The van der Waals surface area contributed by atoms with Crippen molar-refractivity contribution in [3.05, 3.63) is 34.9 Å². The fraction of sp³-hybridized carbons (Fsp3) is 0.611. The number of hydrogen-bond acceptors (Lipinski definition) is 4. The maximum Gasteiger partial charge on any atom is 0.315 e. The Morgan fingerprint density at radius 3 is 2.78 bits per heavy atom. The standard InChI is InChI=1S/C18H27ClN2O2/c1-17(2,3)23-16(22)18(4)9-11-21(15(18)20)10-8-13-6-5-7-14(19)12-13/h5-7,12,15H,8-11,20H2,1-4H3. The number of benzene rings is 1. The summed E-state index contributed by atoms with van der Waals surface area (Å²) < 4.78 is 5.56. The second-order valence-electron chi connectivity index (χ2n) is 7.53. The first-order valence-electron chi connectivity index (χ1n) is 8.09. The van der Waals surface area contributed by atoms with Crippen LogP contribution in [0.5, 0.6) is 0 Å². The minimum absolute atomic E-state index is 0.206. The molecular weight excluding hydrogens is 312 g/mol. The average molecular weight is 339 g/mol. The number of ether oxygens (including phenoxy) is 1. The third-order valence-corrected chi connectivity index (χ3v) is 4.64. The number of halogens is 1. The van der Waals surface area contributed by atoms with Crippen molar-refractivity contribution in [1.29, 1.82) is 0 Å². The highest BCUT2D eigenvalue weighted by Crippen LogP contribution is 2.36. The van der Waals surface area contributed by atoms with Gasteiger partial charge in [-0.05, 0) is 58.2 Å². The van der Waals surface area contributed by atoms with Gasteiger partial charge in [-0.1, -0.05) is 23.7 Å². The number of carbonyl (C=O) groups is 1. The number of hydrogen-bond donors (Lipinski definition) is 1. The first kappa shape index (κ1) is 18.2. The van der Waals surface area contributed by atoms with Gasteiger partial charge in [0.2, 0.25) is 0 Å². The van der Waals surface area contributed by atoms with Crippen LogP contribution < -0.4 is 5.73 Å². The summed E-state index contributed by atoms with van der Waals surface area (Å²) in [6, 6.07) is 7.84. The maximum atomic E-state index is 12.5. The summed E-state index contributed by atoms with van der Waals surface area (Å²) in [5.41, 5.74) is 6.40. The van der Waals surface area contributed by atoms with Crippen molar-refractivity contribution in [2.45, 2.75) is 52.3 Å². The van der Waals surface area contributed by atoms with Crippen LogP contribution >= 0.6 is 11.6 Å². The van der Waals surface area contributed by atoms with Crippen LogP contribution in [0.25, 0.3) is 0 Å². The Balaban J connectivity index is 1.98. The summed E-state index contributed by atoms with van der Waals surface area (Å²) in [5, 5.41) is 0.742. The molecule has 128 valence electrons. The van der Waals surface area contributed by atoms with Crippen LogP contribution in [-0.2, 0) is 16.0 Å². The van der Waals surface area contributed by atoms with E-state index < -0.39 is 11.0 Å². The fourth-order valence-corrected chi connectivity index (χ4v) is 3.11. The summed E-state index contributed by atoms with van der Waals surface area (Å²) >= 11 is 6.02. The number of likely N-dealkylation sites (tertiary alicyclic amines) is 1. The van der Waals surface area contributed by atoms with E-state index in [4.69, 9.17) is 22.1 Å². The molecule has 1 aromatic rings. The molecule has 0 amide bonds. The van der Waals surface area contributed by atoms with E-state index in [0.29, 0.717) is 0 Å². The largest absolute Gasteiger partial charge is 0.459 e. The molecule has 5 heteroatoms. The van der Waals surface area contributed by atoms with E-state index in [1.807, 2.05) is 45.9 Å². The molecule has 2 rings (SSSR count). The Hall–Kier alpha value is -1.10. The number of esters is 1. The van der Waals surface area contributed by atoms with Gasteiger partial charge in [-0.25, -0.2) is 0 Å². The third-order valence-electron chi connectivity index (χ3n) is 4.41. The molecular formula is C18H27ClN2O2. The number of carbonyl (C=O) groups excluding carboxylic acids is 1. The zero-order valence-corrected chi connectivity index (χ0v) is 15.2. The maximum absolute atomic E-state index is 12.5. The summed E-state index contributed by atoms with van der Waals surface area (Å²) in [6.07, 6.45) is 1.26. The molecule has 1 heterocycles. The highest BCUT2D eigenvalue weighted by Gasteiger charge is 2.49. The molecule has 2 atom stereocenters. The van der Waals surface area contributed by atoms with Gasteiger partial charge in [-0.15, -0.1) is 0 Å². The van der Waals surface area contributed by atoms with E-state index in [0.717, 1.165) is 31.0 Å². The topological polar surface area (TPSA) is 55.6 Å². The van der Waals surface area contributed by atoms with Gasteiger partial charge in [0.25, 0.3) is 0 Å². The van der Waals surface area contributed by atoms with E-state index in [1.54, 1.807) is 0 Å². The van der Waals surface area contributed by atoms with Gasteiger partial charge in [0, 0.05) is 18.1 Å². The molecule has 4 nitrogen and oxygen atoms in total. The molecule has 0 bridgehead atoms. The molecule has 1 fully saturated rings. The minimum atomic E-state index is -0.651. The zero-order chi connectivity index (χ0) is 17.3. The van der Waals surface area contributed by atoms with Crippen LogP contribution in [0.2, 0.25) is 5.02 Å². The second-order valence-corrected chi connectivity index (χ2v) is 7.97. The highest BCUT2D eigenvalue weighted by molar-refractivity contribution is 6.30. The molecule has 2 N–H and O–H groups in total. The van der Waals surface area contributed by atoms with Crippen LogP contribution in [0.3, 0.4) is 0 Å². The molecule has 0 spiro atoms. The Bertz CT molecular complexity index is 570. The van der Waals surface area contributed by atoms with E-state index in [9.17, 15) is 4.79 Å². The number of nitrogens with zero attached hydrogens (tertiary/aromatic N) is 1. The van der Waals surface area contributed by atoms with Gasteiger partial charge < -0.3 is 10.5 Å². The van der Waals surface area contributed by atoms with Crippen molar-refractivity contribution in [3.8, 4) is 0 Å². The van der Waals surface area contributed by atoms with Gasteiger partial charge in [0.1, 0.15) is 5.60 Å². The Kier molecular flexibility index (Phi) is 5.39. The van der Waals surface area contributed by atoms with E-state index in [2.05, 4.69) is 11.0 Å². The van der Waals surface area contributed by atoms with Gasteiger partial charge in [0.15, 0.2) is 0 Å². The number of rotatable bonds is 4. The van der Waals surface area contributed by atoms with Crippen LogP contribution in [0.15, 0.2) is 24.3 Å². The lowest BCUT2D eigenvalue weighted by Gasteiger charge is -2.33. The SMILES string of the molecule is CC(C)(C)OC(=O)C1(C)CCN(CCc2cccc(Cl)c2)C1N. The predicted molar refractivity (Wildman–Crippen MR) is 93.3 cm³/mol. The number of nitrogens with two attached hydrogens (primary N) is 1. The van der Waals surface area contributed by atoms with E-state index in [1.165, 1.54) is 5.56 Å². The molecule has 1 aromatic carbocycles. The molecule has 1 aliphatic heterocycles. The van der Waals surface area contributed by atoms with Crippen molar-refractivity contribution in [2.24, 2.45) is 11.1 Å². The third kappa shape index (κ3) is 4.46. The van der Waals surface area contributed by atoms with Gasteiger partial charge in [0.05, 0.1) is 11.6 Å². The monoisotopic (exact) mass is 338 g/mol. The van der Waals surface area contributed by atoms with Crippen molar-refractivity contribution >= 4 is 17.6 Å². The van der Waals surface area contributed by atoms with Gasteiger partial charge >= 0.3 is 5.97 Å². The van der Waals surface area contributed by atoms with E-state index in [-0.39, 0.29) is 12.1 Å². The molecule has 0 saturated carbocycles. The zero-order valence-electron chi connectivity index (χ0n) is 14.4. The van der Waals surface area contributed by atoms with Crippen LogP contribution in [0.4, 0.5) is 0 Å². The molecule has 1 aliphatic rings. The Morgan fingerprint density at radius 2 is 2.17 bits per heavy atom. The molecule has 1 saturated heterocycles. The first-order valence-corrected chi connectivity index (χ1v) is 8.47. The Labute approximate surface area is 143 Å². The van der Waals surface area contributed by atoms with Crippen LogP contribution in [0, 0.1) is 5.41 Å². The summed E-state index contributed by atoms with van der Waals surface area (Å²) in [5.74, 6) is -0.206. The van der Waals surface area contributed by atoms with Gasteiger partial charge in [-0.2, -0.15) is 0 Å². The summed E-state index contributed by atoms with van der Waals surface area (Å²) in [7, 11) is 0. The minimum Gasteiger partial charge on any atom is -0.459 e. The quantitative estimate of drug-likeness (QED) is 0.856. The predicted octanol–water partition coefficient (Wildman–Crippen LogP) is 3.22. The van der Waals surface area contributed by atoms with Crippen molar-refractivity contribution in [2.75, 3.05) is 13.1 Å². The summed E-state index contributed by atoms with van der Waals surface area (Å²) in [6.45, 7) is 9.16. The van der Waals surface area contributed by atoms with Crippen molar-refractivity contribution < 1.29 is 9.53 Å². The van der Waals surface area contributed by atoms with Crippen molar-refractivity contribution in [3.63, 3.8) is 0 Å². The smallest absolute Gasteiger partial charge is 0.315 e. The fourth-order valence-electron chi connectivity index (χ4n) is 2.90. The van der Waals surface area contributed by atoms with Crippen molar-refractivity contribution in [1.82, 2.24) is 4.90 Å². The lowest BCUT2D eigenvalue weighted by Crippen LogP contribution is -2.51. The normalized spacial score (nSPS) is 25.6. The van der Waals surface area contributed by atoms with Crippen LogP contribution in [-0.4, -0.2) is 35.7 Å². The molecule has 23 heavy (non-hydrogen) atoms.